The van der Waals surface area contributed by atoms with Gasteiger partial charge < -0.3 is 10.6 Å². The SMILES string of the molecule is CN=C(NCCN(C(C)C)C(C)C)NCC(C)(C)SC.I. The van der Waals surface area contributed by atoms with E-state index in [0.29, 0.717) is 12.1 Å². The molecule has 0 aromatic heterocycles. The first-order valence-electron chi connectivity index (χ1n) is 7.49. The molecule has 0 amide bonds. The molecule has 0 aromatic carbocycles. The van der Waals surface area contributed by atoms with Gasteiger partial charge in [-0.2, -0.15) is 11.8 Å². The largest absolute Gasteiger partial charge is 0.355 e. The molecule has 0 aromatic rings. The van der Waals surface area contributed by atoms with E-state index in [-0.39, 0.29) is 28.7 Å². The summed E-state index contributed by atoms with van der Waals surface area (Å²) in [5.74, 6) is 0.889. The van der Waals surface area contributed by atoms with Gasteiger partial charge in [-0.05, 0) is 47.8 Å². The molecule has 0 fully saturated rings. The van der Waals surface area contributed by atoms with E-state index in [0.717, 1.165) is 25.6 Å². The van der Waals surface area contributed by atoms with Crippen molar-refractivity contribution in [3.05, 3.63) is 0 Å². The Bertz CT molecular complexity index is 285. The fourth-order valence-electron chi connectivity index (χ4n) is 2.01. The van der Waals surface area contributed by atoms with Crippen LogP contribution in [0.25, 0.3) is 0 Å². The Morgan fingerprint density at radius 3 is 2.05 bits per heavy atom. The number of nitrogens with zero attached hydrogens (tertiary/aromatic N) is 2. The van der Waals surface area contributed by atoms with Crippen molar-refractivity contribution in [3.63, 3.8) is 0 Å². The van der Waals surface area contributed by atoms with Gasteiger partial charge in [0.2, 0.25) is 0 Å². The first-order chi connectivity index (χ1) is 9.23. The summed E-state index contributed by atoms with van der Waals surface area (Å²) in [6.07, 6.45) is 2.14. The monoisotopic (exact) mass is 430 g/mol. The maximum atomic E-state index is 4.28. The smallest absolute Gasteiger partial charge is 0.191 e. The van der Waals surface area contributed by atoms with Crippen LogP contribution in [-0.4, -0.2) is 60.6 Å². The molecule has 0 heterocycles. The van der Waals surface area contributed by atoms with E-state index in [9.17, 15) is 0 Å². The minimum absolute atomic E-state index is 0. The average molecular weight is 430 g/mol. The minimum atomic E-state index is 0. The lowest BCUT2D eigenvalue weighted by Gasteiger charge is -2.31. The number of nitrogens with one attached hydrogen (secondary N) is 2. The van der Waals surface area contributed by atoms with Crippen molar-refractivity contribution in [2.75, 3.05) is 32.9 Å². The highest BCUT2D eigenvalue weighted by Crippen LogP contribution is 2.19. The van der Waals surface area contributed by atoms with Crippen LogP contribution in [0.3, 0.4) is 0 Å². The zero-order valence-electron chi connectivity index (χ0n) is 15.0. The molecule has 128 valence electrons. The van der Waals surface area contributed by atoms with E-state index in [1.807, 2.05) is 18.8 Å². The minimum Gasteiger partial charge on any atom is -0.355 e. The summed E-state index contributed by atoms with van der Waals surface area (Å²) in [5.41, 5.74) is 0. The highest BCUT2D eigenvalue weighted by atomic mass is 127. The van der Waals surface area contributed by atoms with Crippen molar-refractivity contribution in [1.29, 1.82) is 0 Å². The van der Waals surface area contributed by atoms with Crippen LogP contribution in [0, 0.1) is 0 Å². The van der Waals surface area contributed by atoms with Gasteiger partial charge in [0, 0.05) is 43.5 Å². The van der Waals surface area contributed by atoms with E-state index in [2.05, 4.69) is 68.3 Å². The van der Waals surface area contributed by atoms with Crippen LogP contribution < -0.4 is 10.6 Å². The average Bonchev–Trinajstić information content (AvgIpc) is 2.37. The van der Waals surface area contributed by atoms with Crippen LogP contribution in [0.1, 0.15) is 41.5 Å². The zero-order valence-corrected chi connectivity index (χ0v) is 18.1. The second-order valence-electron chi connectivity index (χ2n) is 6.24. The fraction of sp³-hybridized carbons (Fsp3) is 0.933. The van der Waals surface area contributed by atoms with Gasteiger partial charge in [-0.15, -0.1) is 24.0 Å². The number of thioether (sulfide) groups is 1. The van der Waals surface area contributed by atoms with Crippen molar-refractivity contribution in [3.8, 4) is 0 Å². The Hall–Kier alpha value is 0.310. The third-order valence-electron chi connectivity index (χ3n) is 3.45. The number of rotatable bonds is 8. The van der Waals surface area contributed by atoms with Gasteiger partial charge in [0.15, 0.2) is 5.96 Å². The molecule has 4 nitrogen and oxygen atoms in total. The quantitative estimate of drug-likeness (QED) is 0.353. The lowest BCUT2D eigenvalue weighted by atomic mass is 10.2. The molecule has 0 bridgehead atoms. The second kappa shape index (κ2) is 11.8. The molecular weight excluding hydrogens is 395 g/mol. The highest BCUT2D eigenvalue weighted by Gasteiger charge is 2.16. The Kier molecular flexibility index (Phi) is 13.3. The molecule has 0 radical (unpaired) electrons. The molecular formula is C15H35IN4S. The zero-order chi connectivity index (χ0) is 15.8. The van der Waals surface area contributed by atoms with Crippen molar-refractivity contribution in [2.45, 2.75) is 58.4 Å². The second-order valence-corrected chi connectivity index (χ2v) is 7.76. The van der Waals surface area contributed by atoms with E-state index >= 15 is 0 Å². The summed E-state index contributed by atoms with van der Waals surface area (Å²) in [5, 5.41) is 6.79. The summed E-state index contributed by atoms with van der Waals surface area (Å²) >= 11 is 1.86. The molecule has 0 saturated carbocycles. The number of halogens is 1. The molecule has 21 heavy (non-hydrogen) atoms. The first-order valence-corrected chi connectivity index (χ1v) is 8.71. The Morgan fingerprint density at radius 1 is 1.14 bits per heavy atom. The summed E-state index contributed by atoms with van der Waals surface area (Å²) < 4.78 is 0.222. The predicted molar refractivity (Wildman–Crippen MR) is 109 cm³/mol. The summed E-state index contributed by atoms with van der Waals surface area (Å²) in [6, 6.07) is 1.14. The number of aliphatic imine (C=N–C) groups is 1. The molecule has 2 N–H and O–H groups in total. The van der Waals surface area contributed by atoms with Gasteiger partial charge in [0.25, 0.3) is 0 Å². The number of hydrogen-bond acceptors (Lipinski definition) is 3. The number of hydrogen-bond donors (Lipinski definition) is 2. The van der Waals surface area contributed by atoms with Gasteiger partial charge in [-0.3, -0.25) is 9.89 Å². The standard InChI is InChI=1S/C15H34N4S.HI/c1-12(2)19(13(3)4)10-9-17-14(16-7)18-11-15(5,6)20-8;/h12-13H,9-11H2,1-8H3,(H2,16,17,18);1H. The molecule has 0 rings (SSSR count). The molecule has 0 aliphatic heterocycles. The van der Waals surface area contributed by atoms with E-state index in [1.54, 1.807) is 0 Å². The van der Waals surface area contributed by atoms with Crippen LogP contribution in [0.2, 0.25) is 0 Å². The number of guanidine groups is 1. The molecule has 0 spiro atoms. The lowest BCUT2D eigenvalue weighted by molar-refractivity contribution is 0.178. The van der Waals surface area contributed by atoms with Crippen LogP contribution in [0.15, 0.2) is 4.99 Å². The molecule has 0 atom stereocenters. The molecule has 0 unspecified atom stereocenters. The Labute approximate surface area is 153 Å². The third-order valence-corrected chi connectivity index (χ3v) is 4.70. The van der Waals surface area contributed by atoms with Gasteiger partial charge in [-0.25, -0.2) is 0 Å². The lowest BCUT2D eigenvalue weighted by Crippen LogP contribution is -2.47. The Morgan fingerprint density at radius 2 is 1.67 bits per heavy atom. The summed E-state index contributed by atoms with van der Waals surface area (Å²) in [4.78, 5) is 6.76. The van der Waals surface area contributed by atoms with Crippen LogP contribution in [0.4, 0.5) is 0 Å². The van der Waals surface area contributed by atoms with Crippen LogP contribution >= 0.6 is 35.7 Å². The molecule has 0 aliphatic carbocycles. The van der Waals surface area contributed by atoms with Gasteiger partial charge in [-0.1, -0.05) is 0 Å². The summed E-state index contributed by atoms with van der Waals surface area (Å²) in [7, 11) is 1.82. The molecule has 0 saturated heterocycles. The molecule has 0 aliphatic rings. The Balaban J connectivity index is 0. The maximum Gasteiger partial charge on any atom is 0.191 e. The van der Waals surface area contributed by atoms with E-state index in [1.165, 1.54) is 0 Å². The first kappa shape index (κ1) is 23.6. The third kappa shape index (κ3) is 10.6. The predicted octanol–water partition coefficient (Wildman–Crippen LogP) is 3.03. The normalized spacial score (nSPS) is 12.8. The van der Waals surface area contributed by atoms with E-state index < -0.39 is 0 Å². The fourth-order valence-corrected chi connectivity index (χ4v) is 2.22. The van der Waals surface area contributed by atoms with Crippen LogP contribution in [0.5, 0.6) is 0 Å². The van der Waals surface area contributed by atoms with Crippen LogP contribution in [-0.2, 0) is 0 Å². The van der Waals surface area contributed by atoms with Crippen molar-refractivity contribution >= 4 is 41.7 Å². The van der Waals surface area contributed by atoms with Crippen molar-refractivity contribution < 1.29 is 0 Å². The summed E-state index contributed by atoms with van der Waals surface area (Å²) in [6.45, 7) is 16.3. The van der Waals surface area contributed by atoms with Gasteiger partial charge >= 0.3 is 0 Å². The topological polar surface area (TPSA) is 39.7 Å². The molecule has 6 heteroatoms. The maximum absolute atomic E-state index is 4.28. The highest BCUT2D eigenvalue weighted by molar-refractivity contribution is 14.0. The van der Waals surface area contributed by atoms with Crippen molar-refractivity contribution in [1.82, 2.24) is 15.5 Å². The van der Waals surface area contributed by atoms with Crippen molar-refractivity contribution in [2.24, 2.45) is 4.99 Å². The van der Waals surface area contributed by atoms with Gasteiger partial charge in [0.05, 0.1) is 0 Å². The van der Waals surface area contributed by atoms with E-state index in [4.69, 9.17) is 0 Å². The van der Waals surface area contributed by atoms with Gasteiger partial charge in [0.1, 0.15) is 0 Å².